The van der Waals surface area contributed by atoms with E-state index in [1.54, 1.807) is 0 Å². The average molecular weight is 183 g/mol. The summed E-state index contributed by atoms with van der Waals surface area (Å²) in [5, 5.41) is 9.72. The summed E-state index contributed by atoms with van der Waals surface area (Å²) in [6.07, 6.45) is 4.92. The van der Waals surface area contributed by atoms with Gasteiger partial charge < -0.3 is 10.0 Å². The van der Waals surface area contributed by atoms with Crippen molar-refractivity contribution in [2.45, 2.75) is 38.7 Å². The van der Waals surface area contributed by atoms with E-state index in [1.807, 2.05) is 0 Å². The van der Waals surface area contributed by atoms with Gasteiger partial charge in [0.15, 0.2) is 0 Å². The van der Waals surface area contributed by atoms with Gasteiger partial charge in [-0.1, -0.05) is 13.3 Å². The fraction of sp³-hybridized carbons (Fsp3) is 1.00. The van der Waals surface area contributed by atoms with Crippen LogP contribution in [0.2, 0.25) is 0 Å². The van der Waals surface area contributed by atoms with Gasteiger partial charge in [-0.25, -0.2) is 0 Å². The first-order valence-corrected chi connectivity index (χ1v) is 5.71. The first-order chi connectivity index (χ1) is 6.31. The van der Waals surface area contributed by atoms with Crippen molar-refractivity contribution >= 4 is 0 Å². The van der Waals surface area contributed by atoms with E-state index < -0.39 is 0 Å². The predicted octanol–water partition coefficient (Wildman–Crippen LogP) is 1.49. The number of rotatable bonds is 3. The van der Waals surface area contributed by atoms with Crippen LogP contribution in [-0.2, 0) is 0 Å². The third kappa shape index (κ3) is 1.89. The van der Waals surface area contributed by atoms with E-state index in [1.165, 1.54) is 32.4 Å². The van der Waals surface area contributed by atoms with E-state index in [4.69, 9.17) is 0 Å². The first kappa shape index (κ1) is 9.47. The molecule has 76 valence electrons. The molecule has 0 aromatic rings. The summed E-state index contributed by atoms with van der Waals surface area (Å²) in [6.45, 7) is 5.90. The Hall–Kier alpha value is -0.0800. The number of hydrogen-bond donors (Lipinski definition) is 1. The van der Waals surface area contributed by atoms with Gasteiger partial charge in [0.05, 0.1) is 6.10 Å². The summed E-state index contributed by atoms with van der Waals surface area (Å²) in [6, 6.07) is 0. The topological polar surface area (TPSA) is 23.5 Å². The highest BCUT2D eigenvalue weighted by atomic mass is 16.3. The summed E-state index contributed by atoms with van der Waals surface area (Å²) in [5.41, 5.74) is 0. The summed E-state index contributed by atoms with van der Waals surface area (Å²) in [5.74, 6) is 1.42. The third-order valence-electron chi connectivity index (χ3n) is 3.72. The molecule has 0 amide bonds. The van der Waals surface area contributed by atoms with Gasteiger partial charge in [0.25, 0.3) is 0 Å². The maximum atomic E-state index is 9.72. The molecule has 0 radical (unpaired) electrons. The zero-order valence-electron chi connectivity index (χ0n) is 8.58. The van der Waals surface area contributed by atoms with Crippen LogP contribution in [0.15, 0.2) is 0 Å². The molecule has 0 bridgehead atoms. The van der Waals surface area contributed by atoms with Crippen molar-refractivity contribution in [1.82, 2.24) is 4.90 Å². The zero-order valence-corrected chi connectivity index (χ0v) is 8.58. The molecule has 13 heavy (non-hydrogen) atoms. The molecule has 0 aromatic carbocycles. The fourth-order valence-corrected chi connectivity index (χ4v) is 2.89. The lowest BCUT2D eigenvalue weighted by Gasteiger charge is -2.17. The van der Waals surface area contributed by atoms with Crippen LogP contribution >= 0.6 is 0 Å². The fourth-order valence-electron chi connectivity index (χ4n) is 2.89. The van der Waals surface area contributed by atoms with Gasteiger partial charge in [0.2, 0.25) is 0 Å². The van der Waals surface area contributed by atoms with Crippen molar-refractivity contribution in [1.29, 1.82) is 0 Å². The number of unbranched alkanes of at least 4 members (excludes halogenated alkanes) is 1. The predicted molar refractivity (Wildman–Crippen MR) is 53.6 cm³/mol. The average Bonchev–Trinajstić information content (AvgIpc) is 2.65. The molecule has 2 aliphatic rings. The quantitative estimate of drug-likeness (QED) is 0.716. The van der Waals surface area contributed by atoms with Crippen LogP contribution in [0.25, 0.3) is 0 Å². The minimum absolute atomic E-state index is 0.0108. The molecule has 3 unspecified atom stereocenters. The minimum atomic E-state index is 0.0108. The highest BCUT2D eigenvalue weighted by Crippen LogP contribution is 2.37. The van der Waals surface area contributed by atoms with E-state index in [9.17, 15) is 5.11 Å². The van der Waals surface area contributed by atoms with Crippen molar-refractivity contribution in [3.8, 4) is 0 Å². The molecule has 3 atom stereocenters. The molecule has 2 fully saturated rings. The molecule has 2 heteroatoms. The van der Waals surface area contributed by atoms with Crippen LogP contribution in [0.4, 0.5) is 0 Å². The van der Waals surface area contributed by atoms with Crippen molar-refractivity contribution in [3.63, 3.8) is 0 Å². The molecule has 0 spiro atoms. The van der Waals surface area contributed by atoms with Gasteiger partial charge in [-0.05, 0) is 31.7 Å². The Morgan fingerprint density at radius 1 is 1.31 bits per heavy atom. The Labute approximate surface area is 80.9 Å². The van der Waals surface area contributed by atoms with E-state index in [-0.39, 0.29) is 6.10 Å². The second-order valence-corrected chi connectivity index (χ2v) is 4.68. The lowest BCUT2D eigenvalue weighted by Crippen LogP contribution is -2.25. The van der Waals surface area contributed by atoms with Crippen LogP contribution < -0.4 is 0 Å². The normalized spacial score (nSPS) is 39.7. The van der Waals surface area contributed by atoms with Crippen molar-refractivity contribution in [2.24, 2.45) is 11.8 Å². The van der Waals surface area contributed by atoms with E-state index in [0.717, 1.165) is 18.9 Å². The van der Waals surface area contributed by atoms with E-state index in [2.05, 4.69) is 11.8 Å². The molecule has 1 saturated heterocycles. The van der Waals surface area contributed by atoms with Crippen LogP contribution in [0.1, 0.15) is 32.6 Å². The Balaban J connectivity index is 1.81. The lowest BCUT2D eigenvalue weighted by molar-refractivity contribution is 0.124. The molecule has 1 N–H and O–H groups in total. The monoisotopic (exact) mass is 183 g/mol. The highest BCUT2D eigenvalue weighted by Gasteiger charge is 2.41. The van der Waals surface area contributed by atoms with Crippen molar-refractivity contribution in [3.05, 3.63) is 0 Å². The first-order valence-electron chi connectivity index (χ1n) is 5.71. The maximum Gasteiger partial charge on any atom is 0.0583 e. The van der Waals surface area contributed by atoms with Crippen LogP contribution in [0.3, 0.4) is 0 Å². The van der Waals surface area contributed by atoms with Crippen LogP contribution in [0.5, 0.6) is 0 Å². The molecule has 1 saturated carbocycles. The molecule has 0 aromatic heterocycles. The van der Waals surface area contributed by atoms with Crippen molar-refractivity contribution < 1.29 is 5.11 Å². The van der Waals surface area contributed by atoms with Gasteiger partial charge >= 0.3 is 0 Å². The summed E-state index contributed by atoms with van der Waals surface area (Å²) in [4.78, 5) is 2.54. The van der Waals surface area contributed by atoms with E-state index >= 15 is 0 Å². The summed E-state index contributed by atoms with van der Waals surface area (Å²) < 4.78 is 0. The maximum absolute atomic E-state index is 9.72. The van der Waals surface area contributed by atoms with Crippen molar-refractivity contribution in [2.75, 3.05) is 19.6 Å². The Kier molecular flexibility index (Phi) is 2.89. The molecular weight excluding hydrogens is 162 g/mol. The molecule has 2 rings (SSSR count). The van der Waals surface area contributed by atoms with Gasteiger partial charge in [0.1, 0.15) is 0 Å². The van der Waals surface area contributed by atoms with Gasteiger partial charge in [-0.15, -0.1) is 0 Å². The van der Waals surface area contributed by atoms with Gasteiger partial charge in [-0.3, -0.25) is 0 Å². The van der Waals surface area contributed by atoms with Gasteiger partial charge in [-0.2, -0.15) is 0 Å². The van der Waals surface area contributed by atoms with E-state index in [0.29, 0.717) is 5.92 Å². The standard InChI is InChI=1S/C11H21NO/c1-2-3-6-12-7-9-4-5-11(13)10(9)8-12/h9-11,13H,2-8H2,1H3. The summed E-state index contributed by atoms with van der Waals surface area (Å²) in [7, 11) is 0. The largest absolute Gasteiger partial charge is 0.393 e. The smallest absolute Gasteiger partial charge is 0.0583 e. The van der Waals surface area contributed by atoms with Gasteiger partial charge in [0, 0.05) is 19.0 Å². The number of fused-ring (bicyclic) bond motifs is 1. The molecular formula is C11H21NO. The molecule has 1 aliphatic heterocycles. The highest BCUT2D eigenvalue weighted by molar-refractivity contribution is 4.93. The Bertz CT molecular complexity index is 171. The number of hydrogen-bond acceptors (Lipinski definition) is 2. The SMILES string of the molecule is CCCCN1CC2CCC(O)C2C1. The Morgan fingerprint density at radius 2 is 2.15 bits per heavy atom. The lowest BCUT2D eigenvalue weighted by atomic mass is 10.00. The number of aliphatic hydroxyl groups is 1. The zero-order chi connectivity index (χ0) is 9.26. The second kappa shape index (κ2) is 3.97. The minimum Gasteiger partial charge on any atom is -0.393 e. The van der Waals surface area contributed by atoms with Crippen LogP contribution in [-0.4, -0.2) is 35.7 Å². The molecule has 2 nitrogen and oxygen atoms in total. The molecule has 1 aliphatic carbocycles. The number of nitrogens with zero attached hydrogens (tertiary/aromatic N) is 1. The third-order valence-corrected chi connectivity index (χ3v) is 3.72. The van der Waals surface area contributed by atoms with Crippen LogP contribution in [0, 0.1) is 11.8 Å². The Morgan fingerprint density at radius 3 is 2.85 bits per heavy atom. The molecule has 1 heterocycles. The number of likely N-dealkylation sites (tertiary alicyclic amines) is 1. The second-order valence-electron chi connectivity index (χ2n) is 4.68. The number of aliphatic hydroxyl groups excluding tert-OH is 1. The summed E-state index contributed by atoms with van der Waals surface area (Å²) >= 11 is 0.